The summed E-state index contributed by atoms with van der Waals surface area (Å²) in [4.78, 5) is 6.57. The second-order valence-electron chi connectivity index (χ2n) is 4.14. The van der Waals surface area contributed by atoms with E-state index in [0.717, 1.165) is 25.6 Å². The van der Waals surface area contributed by atoms with Crippen LogP contribution in [-0.2, 0) is 0 Å². The predicted molar refractivity (Wildman–Crippen MR) is 61.4 cm³/mol. The van der Waals surface area contributed by atoms with Gasteiger partial charge in [-0.2, -0.15) is 20.4 Å². The second kappa shape index (κ2) is 4.13. The van der Waals surface area contributed by atoms with Crippen LogP contribution in [0.3, 0.4) is 0 Å². The summed E-state index contributed by atoms with van der Waals surface area (Å²) >= 11 is 0. The summed E-state index contributed by atoms with van der Waals surface area (Å²) in [5, 5.41) is 20.7. The van der Waals surface area contributed by atoms with Crippen molar-refractivity contribution in [3.8, 4) is 11.5 Å². The number of aromatic nitrogens is 6. The van der Waals surface area contributed by atoms with Crippen LogP contribution in [-0.4, -0.2) is 56.3 Å². The Hall–Kier alpha value is -1.96. The van der Waals surface area contributed by atoms with Crippen LogP contribution in [0.2, 0.25) is 0 Å². The number of hydrogen-bond acceptors (Lipinski definition) is 6. The molecule has 90 valence electrons. The lowest BCUT2D eigenvalue weighted by molar-refractivity contribution is 0.480. The largest absolute Gasteiger partial charge is 0.337 e. The fourth-order valence-corrected chi connectivity index (χ4v) is 1.94. The van der Waals surface area contributed by atoms with Crippen LogP contribution < -0.4 is 10.2 Å². The van der Waals surface area contributed by atoms with Crippen molar-refractivity contribution in [3.63, 3.8) is 0 Å². The van der Waals surface area contributed by atoms with E-state index in [1.54, 1.807) is 6.20 Å². The van der Waals surface area contributed by atoms with Crippen molar-refractivity contribution in [2.45, 2.75) is 13.0 Å². The summed E-state index contributed by atoms with van der Waals surface area (Å²) in [6.45, 7) is 4.93. The average molecular weight is 234 g/mol. The van der Waals surface area contributed by atoms with Gasteiger partial charge in [0.2, 0.25) is 5.95 Å². The number of rotatable bonds is 2. The Kier molecular flexibility index (Phi) is 2.48. The van der Waals surface area contributed by atoms with Gasteiger partial charge in [0.25, 0.3) is 0 Å². The van der Waals surface area contributed by atoms with Gasteiger partial charge in [-0.15, -0.1) is 5.10 Å². The molecule has 2 aromatic heterocycles. The number of H-pyrrole nitrogens is 2. The summed E-state index contributed by atoms with van der Waals surface area (Å²) in [5.74, 6) is 1.36. The van der Waals surface area contributed by atoms with Crippen molar-refractivity contribution in [1.82, 2.24) is 35.9 Å². The molecule has 1 saturated heterocycles. The molecule has 0 radical (unpaired) electrons. The fourth-order valence-electron chi connectivity index (χ4n) is 1.94. The molecule has 3 N–H and O–H groups in total. The third-order valence-electron chi connectivity index (χ3n) is 2.78. The minimum atomic E-state index is 0.456. The Morgan fingerprint density at radius 2 is 2.35 bits per heavy atom. The van der Waals surface area contributed by atoms with Crippen LogP contribution in [0.25, 0.3) is 11.5 Å². The molecule has 1 fully saturated rings. The molecule has 3 rings (SSSR count). The topological polar surface area (TPSA) is 98.4 Å². The molecular formula is C9H14N8. The van der Waals surface area contributed by atoms with E-state index in [9.17, 15) is 0 Å². The lowest BCUT2D eigenvalue weighted by atomic mass is 10.2. The number of aromatic amines is 2. The molecule has 8 nitrogen and oxygen atoms in total. The van der Waals surface area contributed by atoms with E-state index in [-0.39, 0.29) is 0 Å². The van der Waals surface area contributed by atoms with Gasteiger partial charge in [-0.25, -0.2) is 0 Å². The molecule has 8 heteroatoms. The quantitative estimate of drug-likeness (QED) is 0.641. The Bertz CT molecular complexity index is 475. The average Bonchev–Trinajstić information content (AvgIpc) is 3.00. The molecule has 0 amide bonds. The van der Waals surface area contributed by atoms with E-state index in [1.807, 2.05) is 0 Å². The number of piperazine rings is 1. The smallest absolute Gasteiger partial charge is 0.245 e. The molecule has 0 spiro atoms. The van der Waals surface area contributed by atoms with Gasteiger partial charge in [-0.3, -0.25) is 5.10 Å². The van der Waals surface area contributed by atoms with E-state index in [1.165, 1.54) is 0 Å². The maximum absolute atomic E-state index is 4.42. The summed E-state index contributed by atoms with van der Waals surface area (Å²) in [6, 6.07) is 0.456. The van der Waals surface area contributed by atoms with Gasteiger partial charge in [0.15, 0.2) is 5.82 Å². The van der Waals surface area contributed by atoms with E-state index >= 15 is 0 Å². The zero-order valence-electron chi connectivity index (χ0n) is 9.51. The summed E-state index contributed by atoms with van der Waals surface area (Å²) in [5.41, 5.74) is 0.673. The van der Waals surface area contributed by atoms with Crippen LogP contribution in [0.4, 0.5) is 5.95 Å². The highest BCUT2D eigenvalue weighted by Gasteiger charge is 2.19. The first kappa shape index (κ1) is 10.2. The summed E-state index contributed by atoms with van der Waals surface area (Å²) < 4.78 is 0. The molecular weight excluding hydrogens is 220 g/mol. The van der Waals surface area contributed by atoms with Crippen molar-refractivity contribution >= 4 is 5.95 Å². The molecule has 1 atom stereocenters. The molecule has 2 aromatic rings. The van der Waals surface area contributed by atoms with Crippen molar-refractivity contribution in [1.29, 1.82) is 0 Å². The highest BCUT2D eigenvalue weighted by Crippen LogP contribution is 2.15. The lowest BCUT2D eigenvalue weighted by Gasteiger charge is -2.30. The van der Waals surface area contributed by atoms with Gasteiger partial charge in [-0.05, 0) is 6.92 Å². The van der Waals surface area contributed by atoms with E-state index in [2.05, 4.69) is 47.7 Å². The van der Waals surface area contributed by atoms with Gasteiger partial charge in [0, 0.05) is 25.7 Å². The predicted octanol–water partition coefficient (Wildman–Crippen LogP) is -0.612. The van der Waals surface area contributed by atoms with Crippen molar-refractivity contribution in [3.05, 3.63) is 6.20 Å². The van der Waals surface area contributed by atoms with E-state index < -0.39 is 0 Å². The van der Waals surface area contributed by atoms with Crippen LogP contribution in [0.15, 0.2) is 6.20 Å². The van der Waals surface area contributed by atoms with Gasteiger partial charge in [0.1, 0.15) is 5.69 Å². The van der Waals surface area contributed by atoms with Crippen LogP contribution in [0.5, 0.6) is 0 Å². The van der Waals surface area contributed by atoms with Gasteiger partial charge < -0.3 is 10.2 Å². The highest BCUT2D eigenvalue weighted by molar-refractivity contribution is 5.49. The number of anilines is 1. The molecule has 0 bridgehead atoms. The zero-order valence-corrected chi connectivity index (χ0v) is 9.51. The van der Waals surface area contributed by atoms with Crippen molar-refractivity contribution < 1.29 is 0 Å². The maximum atomic E-state index is 4.42. The van der Waals surface area contributed by atoms with Gasteiger partial charge in [-0.1, -0.05) is 0 Å². The molecule has 3 heterocycles. The van der Waals surface area contributed by atoms with Crippen LogP contribution in [0, 0.1) is 0 Å². The van der Waals surface area contributed by atoms with Crippen LogP contribution in [0.1, 0.15) is 6.92 Å². The normalized spacial score (nSPS) is 20.8. The summed E-state index contributed by atoms with van der Waals surface area (Å²) in [6.07, 6.45) is 1.62. The van der Waals surface area contributed by atoms with Gasteiger partial charge in [0.05, 0.1) is 6.20 Å². The molecule has 17 heavy (non-hydrogen) atoms. The number of nitrogens with zero attached hydrogens (tertiary/aromatic N) is 5. The van der Waals surface area contributed by atoms with Gasteiger partial charge >= 0.3 is 0 Å². The van der Waals surface area contributed by atoms with E-state index in [0.29, 0.717) is 17.6 Å². The summed E-state index contributed by atoms with van der Waals surface area (Å²) in [7, 11) is 0. The number of nitrogens with one attached hydrogen (secondary N) is 3. The Morgan fingerprint density at radius 1 is 1.41 bits per heavy atom. The fraction of sp³-hybridized carbons (Fsp3) is 0.556. The minimum Gasteiger partial charge on any atom is -0.337 e. The third kappa shape index (κ3) is 1.98. The van der Waals surface area contributed by atoms with Crippen LogP contribution >= 0.6 is 0 Å². The molecule has 0 aromatic carbocycles. The monoisotopic (exact) mass is 234 g/mol. The Morgan fingerprint density at radius 3 is 3.12 bits per heavy atom. The second-order valence-corrected chi connectivity index (χ2v) is 4.14. The first-order valence-corrected chi connectivity index (χ1v) is 5.60. The number of hydrogen-bond donors (Lipinski definition) is 3. The highest BCUT2D eigenvalue weighted by atomic mass is 15.4. The van der Waals surface area contributed by atoms with E-state index in [4.69, 9.17) is 0 Å². The first-order chi connectivity index (χ1) is 8.33. The molecule has 0 unspecified atom stereocenters. The molecule has 0 saturated carbocycles. The molecule has 1 aliphatic heterocycles. The maximum Gasteiger partial charge on any atom is 0.245 e. The standard InChI is InChI=1S/C9H14N8/c1-6-5-17(3-2-10-6)9-12-8(14-15-9)7-4-11-16-13-7/h4,6,10H,2-3,5H2,1H3,(H,11,13,16)(H,12,14,15)/t6-/m0/s1. The zero-order chi connectivity index (χ0) is 11.7. The first-order valence-electron chi connectivity index (χ1n) is 5.60. The van der Waals surface area contributed by atoms with Crippen molar-refractivity contribution in [2.75, 3.05) is 24.5 Å². The molecule has 0 aliphatic carbocycles. The minimum absolute atomic E-state index is 0.456. The molecule has 1 aliphatic rings. The Balaban J connectivity index is 1.80. The third-order valence-corrected chi connectivity index (χ3v) is 2.78. The Labute approximate surface area is 97.8 Å². The van der Waals surface area contributed by atoms with Crippen molar-refractivity contribution in [2.24, 2.45) is 0 Å². The lowest BCUT2D eigenvalue weighted by Crippen LogP contribution is -2.49. The SMILES string of the molecule is C[C@H]1CN(c2n[nH]c(-c3cn[nH]n3)n2)CCN1.